The summed E-state index contributed by atoms with van der Waals surface area (Å²) >= 11 is 0. The van der Waals surface area contributed by atoms with Crippen LogP contribution in [-0.2, 0) is 13.0 Å². The van der Waals surface area contributed by atoms with Gasteiger partial charge in [-0.3, -0.25) is 4.79 Å². The lowest BCUT2D eigenvalue weighted by atomic mass is 10.1. The van der Waals surface area contributed by atoms with E-state index >= 15 is 0 Å². The molecule has 0 spiro atoms. The first-order valence-electron chi connectivity index (χ1n) is 9.74. The molecule has 146 valence electrons. The molecule has 3 aromatic carbocycles. The number of hydrogen-bond donors (Lipinski definition) is 1. The van der Waals surface area contributed by atoms with Crippen LogP contribution in [-0.4, -0.2) is 5.91 Å². The summed E-state index contributed by atoms with van der Waals surface area (Å²) in [5.74, 6) is 1.38. The number of carbonyl (C=O) groups excluding carboxylic acids is 1. The molecule has 29 heavy (non-hydrogen) atoms. The summed E-state index contributed by atoms with van der Waals surface area (Å²) in [5, 5.41) is 5.27. The van der Waals surface area contributed by atoms with Crippen molar-refractivity contribution in [3.05, 3.63) is 95.4 Å². The van der Waals surface area contributed by atoms with Crippen LogP contribution in [0.2, 0.25) is 0 Å². The van der Waals surface area contributed by atoms with Gasteiger partial charge in [-0.1, -0.05) is 55.5 Å². The van der Waals surface area contributed by atoms with Gasteiger partial charge in [-0.15, -0.1) is 0 Å². The molecule has 1 aromatic heterocycles. The van der Waals surface area contributed by atoms with Crippen LogP contribution in [0.3, 0.4) is 0 Å². The van der Waals surface area contributed by atoms with Crippen LogP contribution >= 0.6 is 0 Å². The van der Waals surface area contributed by atoms with E-state index in [1.54, 1.807) is 12.1 Å². The number of para-hydroxylation sites is 1. The number of ether oxygens (including phenoxy) is 1. The van der Waals surface area contributed by atoms with Crippen LogP contribution in [0.15, 0.2) is 77.2 Å². The molecule has 0 saturated carbocycles. The minimum atomic E-state index is -0.258. The van der Waals surface area contributed by atoms with Crippen LogP contribution in [0.1, 0.15) is 34.4 Å². The second kappa shape index (κ2) is 8.23. The Morgan fingerprint density at radius 3 is 2.62 bits per heavy atom. The molecule has 4 nitrogen and oxygen atoms in total. The highest BCUT2D eigenvalue weighted by molar-refractivity contribution is 6.03. The normalized spacial score (nSPS) is 10.8. The molecule has 0 saturated heterocycles. The molecular formula is C25H23NO3. The maximum Gasteiger partial charge on any atom is 0.291 e. The summed E-state index contributed by atoms with van der Waals surface area (Å²) in [4.78, 5) is 12.6. The molecule has 0 aliphatic carbocycles. The highest BCUT2D eigenvalue weighted by Gasteiger charge is 2.14. The first-order valence-corrected chi connectivity index (χ1v) is 9.74. The van der Waals surface area contributed by atoms with E-state index in [9.17, 15) is 4.79 Å². The van der Waals surface area contributed by atoms with Crippen LogP contribution in [0.5, 0.6) is 5.75 Å². The van der Waals surface area contributed by atoms with Crippen LogP contribution in [0.4, 0.5) is 5.69 Å². The van der Waals surface area contributed by atoms with E-state index in [2.05, 4.69) is 18.3 Å². The SMILES string of the molecule is CCc1cccc(C)c1NC(=O)c1ccc(COc2ccc3ccccc3c2)o1. The summed E-state index contributed by atoms with van der Waals surface area (Å²) in [5.41, 5.74) is 2.99. The fourth-order valence-electron chi connectivity index (χ4n) is 3.37. The smallest absolute Gasteiger partial charge is 0.291 e. The summed E-state index contributed by atoms with van der Waals surface area (Å²) in [6.07, 6.45) is 0.848. The number of hydrogen-bond acceptors (Lipinski definition) is 3. The number of anilines is 1. The van der Waals surface area contributed by atoms with Gasteiger partial charge in [0, 0.05) is 5.69 Å². The van der Waals surface area contributed by atoms with Crippen molar-refractivity contribution in [2.75, 3.05) is 5.32 Å². The van der Waals surface area contributed by atoms with Crippen molar-refractivity contribution >= 4 is 22.4 Å². The van der Waals surface area contributed by atoms with Crippen LogP contribution in [0, 0.1) is 6.92 Å². The number of rotatable bonds is 6. The van der Waals surface area contributed by atoms with Crippen molar-refractivity contribution in [3.63, 3.8) is 0 Å². The van der Waals surface area contributed by atoms with E-state index < -0.39 is 0 Å². The van der Waals surface area contributed by atoms with Gasteiger partial charge in [0.2, 0.25) is 0 Å². The molecule has 4 heteroatoms. The molecule has 0 aliphatic rings. The average molecular weight is 385 g/mol. The number of nitrogens with one attached hydrogen (secondary N) is 1. The summed E-state index contributed by atoms with van der Waals surface area (Å²) < 4.78 is 11.5. The molecule has 1 N–H and O–H groups in total. The molecule has 0 unspecified atom stereocenters. The summed E-state index contributed by atoms with van der Waals surface area (Å²) in [6, 6.07) is 23.5. The molecule has 0 bridgehead atoms. The Morgan fingerprint density at radius 2 is 1.79 bits per heavy atom. The Bertz CT molecular complexity index is 1160. The molecule has 0 radical (unpaired) electrons. The molecular weight excluding hydrogens is 362 g/mol. The monoisotopic (exact) mass is 385 g/mol. The Balaban J connectivity index is 1.43. The van der Waals surface area contributed by atoms with Gasteiger partial charge in [0.25, 0.3) is 5.91 Å². The lowest BCUT2D eigenvalue weighted by Gasteiger charge is -2.12. The number of fused-ring (bicyclic) bond motifs is 1. The number of furan rings is 1. The highest BCUT2D eigenvalue weighted by Crippen LogP contribution is 2.24. The van der Waals surface area contributed by atoms with Gasteiger partial charge in [-0.25, -0.2) is 0 Å². The van der Waals surface area contributed by atoms with E-state index in [0.717, 1.165) is 34.4 Å². The predicted octanol–water partition coefficient (Wildman–Crippen LogP) is 6.13. The van der Waals surface area contributed by atoms with Gasteiger partial charge in [-0.2, -0.15) is 0 Å². The van der Waals surface area contributed by atoms with Crippen molar-refractivity contribution in [1.29, 1.82) is 0 Å². The first-order chi connectivity index (χ1) is 14.1. The standard InChI is InChI=1S/C25H23NO3/c1-3-18-10-6-7-17(2)24(18)26-25(27)23-14-13-22(29-23)16-28-21-12-11-19-8-4-5-9-20(19)15-21/h4-15H,3,16H2,1-2H3,(H,26,27). The van der Waals surface area contributed by atoms with Crippen molar-refractivity contribution in [2.45, 2.75) is 26.9 Å². The number of carbonyl (C=O) groups is 1. The fourth-order valence-corrected chi connectivity index (χ4v) is 3.37. The zero-order chi connectivity index (χ0) is 20.2. The van der Waals surface area contributed by atoms with Crippen molar-refractivity contribution in [3.8, 4) is 5.75 Å². The summed E-state index contributed by atoms with van der Waals surface area (Å²) in [6.45, 7) is 4.31. The van der Waals surface area contributed by atoms with Gasteiger partial charge in [0.15, 0.2) is 5.76 Å². The maximum atomic E-state index is 12.6. The molecule has 1 heterocycles. The molecule has 1 amide bonds. The topological polar surface area (TPSA) is 51.5 Å². The number of amides is 1. The van der Waals surface area contributed by atoms with E-state index in [1.165, 1.54) is 5.39 Å². The third-order valence-corrected chi connectivity index (χ3v) is 4.97. The molecule has 0 fully saturated rings. The highest BCUT2D eigenvalue weighted by atomic mass is 16.5. The van der Waals surface area contributed by atoms with Gasteiger partial charge in [0.05, 0.1) is 0 Å². The van der Waals surface area contributed by atoms with Crippen LogP contribution in [0.25, 0.3) is 10.8 Å². The van der Waals surface area contributed by atoms with Crippen molar-refractivity contribution < 1.29 is 13.9 Å². The van der Waals surface area contributed by atoms with Crippen LogP contribution < -0.4 is 10.1 Å². The van der Waals surface area contributed by atoms with Gasteiger partial charge in [-0.05, 0) is 59.5 Å². The molecule has 0 atom stereocenters. The minimum Gasteiger partial charge on any atom is -0.486 e. The Labute approximate surface area is 170 Å². The maximum absolute atomic E-state index is 12.6. The Kier molecular flexibility index (Phi) is 5.34. The lowest BCUT2D eigenvalue weighted by molar-refractivity contribution is 0.0992. The number of aryl methyl sites for hydroxylation is 2. The molecule has 0 aliphatic heterocycles. The third kappa shape index (κ3) is 4.16. The predicted molar refractivity (Wildman–Crippen MR) is 115 cm³/mol. The largest absolute Gasteiger partial charge is 0.486 e. The zero-order valence-corrected chi connectivity index (χ0v) is 16.6. The average Bonchev–Trinajstić information content (AvgIpc) is 3.23. The zero-order valence-electron chi connectivity index (χ0n) is 16.6. The van der Waals surface area contributed by atoms with Gasteiger partial charge < -0.3 is 14.5 Å². The van der Waals surface area contributed by atoms with Crippen molar-refractivity contribution in [1.82, 2.24) is 0 Å². The van der Waals surface area contributed by atoms with Gasteiger partial charge in [0.1, 0.15) is 18.1 Å². The first kappa shape index (κ1) is 18.8. The fraction of sp³-hybridized carbons (Fsp3) is 0.160. The van der Waals surface area contributed by atoms with E-state index in [1.807, 2.05) is 61.5 Å². The molecule has 4 rings (SSSR count). The number of benzene rings is 3. The van der Waals surface area contributed by atoms with E-state index in [4.69, 9.17) is 9.15 Å². The van der Waals surface area contributed by atoms with E-state index in [0.29, 0.717) is 5.76 Å². The lowest BCUT2D eigenvalue weighted by Crippen LogP contribution is -2.13. The Hall–Kier alpha value is -3.53. The van der Waals surface area contributed by atoms with Gasteiger partial charge >= 0.3 is 0 Å². The van der Waals surface area contributed by atoms with Crippen molar-refractivity contribution in [2.24, 2.45) is 0 Å². The quantitative estimate of drug-likeness (QED) is 0.434. The molecule has 4 aromatic rings. The minimum absolute atomic E-state index is 0.258. The second-order valence-corrected chi connectivity index (χ2v) is 6.98. The summed E-state index contributed by atoms with van der Waals surface area (Å²) in [7, 11) is 0. The second-order valence-electron chi connectivity index (χ2n) is 6.98. The van der Waals surface area contributed by atoms with E-state index in [-0.39, 0.29) is 18.3 Å². The third-order valence-electron chi connectivity index (χ3n) is 4.97. The Morgan fingerprint density at radius 1 is 0.966 bits per heavy atom.